The van der Waals surface area contributed by atoms with E-state index in [1.165, 1.54) is 11.8 Å². The molecule has 1 aromatic rings. The molecule has 1 amide bonds. The standard InChI is InChI=1S/C20H25ClN2O3S/c1-3-16(24)22-18-17(20(25)26-4-2)23(15-7-5-6-8-15)19(27-18)13-9-11-14(21)12-10-13/h9-12,15,19H,3-8H2,1-2H3,(H,22,24). The van der Waals surface area contributed by atoms with Crippen LogP contribution in [0.25, 0.3) is 0 Å². The van der Waals surface area contributed by atoms with E-state index in [9.17, 15) is 9.59 Å². The van der Waals surface area contributed by atoms with E-state index >= 15 is 0 Å². The highest BCUT2D eigenvalue weighted by atomic mass is 35.5. The van der Waals surface area contributed by atoms with E-state index in [2.05, 4.69) is 10.2 Å². The first kappa shape index (κ1) is 20.1. The molecule has 2 aliphatic rings. The molecule has 146 valence electrons. The van der Waals surface area contributed by atoms with Crippen LogP contribution in [-0.2, 0) is 14.3 Å². The SMILES string of the molecule is CCOC(=O)C1=C(NC(=O)CC)SC(c2ccc(Cl)cc2)N1C1CCCC1. The summed E-state index contributed by atoms with van der Waals surface area (Å²) in [5.41, 5.74) is 1.54. The van der Waals surface area contributed by atoms with Crippen molar-refractivity contribution in [2.24, 2.45) is 0 Å². The van der Waals surface area contributed by atoms with Crippen LogP contribution in [0.1, 0.15) is 56.9 Å². The van der Waals surface area contributed by atoms with Gasteiger partial charge in [0.2, 0.25) is 5.91 Å². The molecular formula is C20H25ClN2O3S. The van der Waals surface area contributed by atoms with Crippen molar-refractivity contribution in [2.75, 3.05) is 6.61 Å². The summed E-state index contributed by atoms with van der Waals surface area (Å²) in [6, 6.07) is 7.94. The van der Waals surface area contributed by atoms with Crippen LogP contribution >= 0.6 is 23.4 Å². The van der Waals surface area contributed by atoms with Crippen LogP contribution in [0.15, 0.2) is 35.0 Å². The number of amides is 1. The Morgan fingerprint density at radius 2 is 1.89 bits per heavy atom. The van der Waals surface area contributed by atoms with E-state index in [4.69, 9.17) is 16.3 Å². The van der Waals surface area contributed by atoms with Gasteiger partial charge in [0, 0.05) is 17.5 Å². The number of rotatable bonds is 6. The van der Waals surface area contributed by atoms with Gasteiger partial charge in [0.1, 0.15) is 10.4 Å². The summed E-state index contributed by atoms with van der Waals surface area (Å²) in [7, 11) is 0. The van der Waals surface area contributed by atoms with Crippen LogP contribution in [0.2, 0.25) is 5.02 Å². The summed E-state index contributed by atoms with van der Waals surface area (Å²) in [6.07, 6.45) is 4.71. The van der Waals surface area contributed by atoms with Crippen molar-refractivity contribution in [3.8, 4) is 0 Å². The maximum atomic E-state index is 12.8. The summed E-state index contributed by atoms with van der Waals surface area (Å²) < 4.78 is 5.34. The Hall–Kier alpha value is -1.66. The summed E-state index contributed by atoms with van der Waals surface area (Å²) in [5.74, 6) is -0.484. The highest BCUT2D eigenvalue weighted by Gasteiger charge is 2.43. The van der Waals surface area contributed by atoms with Gasteiger partial charge in [0.25, 0.3) is 0 Å². The van der Waals surface area contributed by atoms with Crippen LogP contribution in [0.5, 0.6) is 0 Å². The lowest BCUT2D eigenvalue weighted by molar-refractivity contribution is -0.140. The van der Waals surface area contributed by atoms with E-state index in [1.807, 2.05) is 24.3 Å². The Balaban J connectivity index is 2.01. The molecule has 7 heteroatoms. The molecule has 1 fully saturated rings. The Morgan fingerprint density at radius 3 is 2.48 bits per heavy atom. The third-order valence-corrected chi connectivity index (χ3v) is 6.38. The van der Waals surface area contributed by atoms with Crippen LogP contribution in [-0.4, -0.2) is 29.4 Å². The van der Waals surface area contributed by atoms with Gasteiger partial charge in [-0.2, -0.15) is 0 Å². The van der Waals surface area contributed by atoms with Gasteiger partial charge in [-0.05, 0) is 37.5 Å². The molecule has 0 bridgehead atoms. The molecule has 1 unspecified atom stereocenters. The fraction of sp³-hybridized carbons (Fsp3) is 0.500. The fourth-order valence-corrected chi connectivity index (χ4v) is 5.08. The zero-order chi connectivity index (χ0) is 19.4. The minimum Gasteiger partial charge on any atom is -0.461 e. The molecule has 0 spiro atoms. The van der Waals surface area contributed by atoms with Gasteiger partial charge in [0.15, 0.2) is 5.70 Å². The maximum Gasteiger partial charge on any atom is 0.357 e. The summed E-state index contributed by atoms with van der Waals surface area (Å²) in [6.45, 7) is 3.89. The third kappa shape index (κ3) is 4.43. The average molecular weight is 409 g/mol. The number of hydrogen-bond donors (Lipinski definition) is 1. The molecule has 1 aromatic carbocycles. The highest BCUT2D eigenvalue weighted by molar-refractivity contribution is 8.03. The molecule has 1 N–H and O–H groups in total. The van der Waals surface area contributed by atoms with Gasteiger partial charge >= 0.3 is 5.97 Å². The van der Waals surface area contributed by atoms with E-state index in [0.717, 1.165) is 31.2 Å². The molecule has 1 heterocycles. The number of ether oxygens (including phenoxy) is 1. The zero-order valence-corrected chi connectivity index (χ0v) is 17.2. The quantitative estimate of drug-likeness (QED) is 0.697. The topological polar surface area (TPSA) is 58.6 Å². The van der Waals surface area contributed by atoms with Gasteiger partial charge in [-0.3, -0.25) is 4.79 Å². The number of thioether (sulfide) groups is 1. The molecule has 1 aliphatic heterocycles. The number of nitrogens with one attached hydrogen (secondary N) is 1. The molecule has 0 radical (unpaired) electrons. The monoisotopic (exact) mass is 408 g/mol. The first-order valence-corrected chi connectivity index (χ1v) is 10.7. The number of carbonyl (C=O) groups is 2. The second-order valence-electron chi connectivity index (χ2n) is 6.67. The van der Waals surface area contributed by atoms with E-state index in [1.54, 1.807) is 13.8 Å². The van der Waals surface area contributed by atoms with Crippen molar-refractivity contribution in [3.63, 3.8) is 0 Å². The van der Waals surface area contributed by atoms with Crippen molar-refractivity contribution >= 4 is 35.2 Å². The van der Waals surface area contributed by atoms with E-state index in [-0.39, 0.29) is 23.3 Å². The molecule has 27 heavy (non-hydrogen) atoms. The molecule has 1 saturated carbocycles. The van der Waals surface area contributed by atoms with Crippen molar-refractivity contribution < 1.29 is 14.3 Å². The predicted molar refractivity (Wildman–Crippen MR) is 108 cm³/mol. The van der Waals surface area contributed by atoms with Crippen LogP contribution in [0.4, 0.5) is 0 Å². The normalized spacial score (nSPS) is 20.3. The molecule has 0 saturated heterocycles. The van der Waals surface area contributed by atoms with Crippen molar-refractivity contribution in [1.29, 1.82) is 0 Å². The first-order valence-electron chi connectivity index (χ1n) is 9.46. The number of halogens is 1. The fourth-order valence-electron chi connectivity index (χ4n) is 3.57. The number of carbonyl (C=O) groups excluding carboxylic acids is 2. The lowest BCUT2D eigenvalue weighted by Crippen LogP contribution is -2.36. The van der Waals surface area contributed by atoms with Crippen LogP contribution < -0.4 is 5.32 Å². The zero-order valence-electron chi connectivity index (χ0n) is 15.7. The van der Waals surface area contributed by atoms with Gasteiger partial charge in [-0.1, -0.05) is 55.3 Å². The minimum absolute atomic E-state index is 0.0862. The summed E-state index contributed by atoms with van der Waals surface area (Å²) in [4.78, 5) is 27.0. The Kier molecular flexibility index (Phi) is 6.71. The van der Waals surface area contributed by atoms with E-state index < -0.39 is 0 Å². The van der Waals surface area contributed by atoms with Crippen molar-refractivity contribution in [1.82, 2.24) is 10.2 Å². The van der Waals surface area contributed by atoms with Gasteiger partial charge in [0.05, 0.1) is 6.61 Å². The van der Waals surface area contributed by atoms with Gasteiger partial charge in [-0.15, -0.1) is 0 Å². The number of benzene rings is 1. The van der Waals surface area contributed by atoms with Gasteiger partial charge < -0.3 is 15.0 Å². The Bertz CT molecular complexity index is 729. The average Bonchev–Trinajstić information content (AvgIpc) is 3.30. The van der Waals surface area contributed by atoms with Crippen molar-refractivity contribution in [2.45, 2.75) is 57.4 Å². The number of hydrogen-bond acceptors (Lipinski definition) is 5. The second-order valence-corrected chi connectivity index (χ2v) is 8.19. The van der Waals surface area contributed by atoms with Gasteiger partial charge in [-0.25, -0.2) is 4.79 Å². The molecule has 5 nitrogen and oxygen atoms in total. The summed E-state index contributed by atoms with van der Waals surface area (Å²) in [5, 5.41) is 4.09. The van der Waals surface area contributed by atoms with E-state index in [0.29, 0.717) is 28.8 Å². The molecular weight excluding hydrogens is 384 g/mol. The molecule has 1 atom stereocenters. The van der Waals surface area contributed by atoms with Crippen LogP contribution in [0.3, 0.4) is 0 Å². The molecule has 1 aliphatic carbocycles. The van der Waals surface area contributed by atoms with Crippen molar-refractivity contribution in [3.05, 3.63) is 45.6 Å². The second kappa shape index (κ2) is 9.02. The Morgan fingerprint density at radius 1 is 1.22 bits per heavy atom. The smallest absolute Gasteiger partial charge is 0.357 e. The lowest BCUT2D eigenvalue weighted by Gasteiger charge is -2.33. The Labute approximate surface area is 169 Å². The molecule has 0 aromatic heterocycles. The summed E-state index contributed by atoms with van der Waals surface area (Å²) >= 11 is 7.56. The number of nitrogens with zero attached hydrogens (tertiary/aromatic N) is 1. The number of esters is 1. The predicted octanol–water partition coefficient (Wildman–Crippen LogP) is 4.59. The largest absolute Gasteiger partial charge is 0.461 e. The third-order valence-electron chi connectivity index (χ3n) is 4.87. The first-order chi connectivity index (χ1) is 13.0. The lowest BCUT2D eigenvalue weighted by atomic mass is 10.1. The molecule has 3 rings (SSSR count). The highest BCUT2D eigenvalue weighted by Crippen LogP contribution is 2.50. The maximum absolute atomic E-state index is 12.8. The minimum atomic E-state index is -0.375. The van der Waals surface area contributed by atoms with Crippen LogP contribution in [0, 0.1) is 0 Å².